The average Bonchev–Trinajstić information content (AvgIpc) is 2.62. The summed E-state index contributed by atoms with van der Waals surface area (Å²) in [7, 11) is 2.91. The van der Waals surface area contributed by atoms with Crippen LogP contribution in [0.25, 0.3) is 6.08 Å². The highest BCUT2D eigenvalue weighted by molar-refractivity contribution is 6.31. The second kappa shape index (κ2) is 8.08. The van der Waals surface area contributed by atoms with E-state index in [9.17, 15) is 15.2 Å². The molecule has 2 aromatic rings. The molecule has 0 aliphatic rings. The van der Waals surface area contributed by atoms with E-state index in [4.69, 9.17) is 21.1 Å². The molecule has 0 aliphatic carbocycles. The molecule has 0 fully saturated rings. The number of hydrogen-bond donors (Lipinski definition) is 2. The third-order valence-corrected chi connectivity index (χ3v) is 3.52. The average molecular weight is 359 g/mol. The Kier molecular flexibility index (Phi) is 5.88. The maximum absolute atomic E-state index is 12.3. The molecule has 0 saturated heterocycles. The van der Waals surface area contributed by atoms with Crippen LogP contribution in [-0.2, 0) is 4.79 Å². The van der Waals surface area contributed by atoms with Crippen molar-refractivity contribution >= 4 is 29.3 Å². The molecule has 0 bridgehead atoms. The summed E-state index contributed by atoms with van der Waals surface area (Å²) in [5, 5.41) is 22.3. The predicted molar refractivity (Wildman–Crippen MR) is 94.9 cm³/mol. The van der Waals surface area contributed by atoms with Gasteiger partial charge in [-0.15, -0.1) is 0 Å². The molecular formula is C18H15ClN2O4. The lowest BCUT2D eigenvalue weighted by atomic mass is 10.1. The number of anilines is 1. The van der Waals surface area contributed by atoms with Gasteiger partial charge in [0, 0.05) is 22.3 Å². The molecule has 0 radical (unpaired) electrons. The second-order valence-corrected chi connectivity index (χ2v) is 5.33. The number of phenolic OH excluding ortho intramolecular Hbond substituents is 1. The fourth-order valence-corrected chi connectivity index (χ4v) is 2.25. The van der Waals surface area contributed by atoms with Crippen molar-refractivity contribution in [1.29, 1.82) is 5.26 Å². The minimum absolute atomic E-state index is 0.145. The van der Waals surface area contributed by atoms with E-state index in [0.29, 0.717) is 16.5 Å². The van der Waals surface area contributed by atoms with E-state index in [1.807, 2.05) is 0 Å². The molecule has 0 spiro atoms. The van der Waals surface area contributed by atoms with Gasteiger partial charge in [0.15, 0.2) is 11.5 Å². The summed E-state index contributed by atoms with van der Waals surface area (Å²) in [6, 6.07) is 11.3. The molecule has 0 aromatic heterocycles. The number of amides is 1. The number of nitriles is 1. The largest absolute Gasteiger partial charge is 0.504 e. The van der Waals surface area contributed by atoms with Crippen LogP contribution >= 0.6 is 11.6 Å². The van der Waals surface area contributed by atoms with E-state index in [2.05, 4.69) is 5.32 Å². The molecule has 0 unspecified atom stereocenters. The summed E-state index contributed by atoms with van der Waals surface area (Å²) in [4.78, 5) is 12.3. The Hall–Kier alpha value is -3.17. The van der Waals surface area contributed by atoms with Gasteiger partial charge < -0.3 is 19.9 Å². The second-order valence-electron chi connectivity index (χ2n) is 4.90. The lowest BCUT2D eigenvalue weighted by Crippen LogP contribution is -2.13. The van der Waals surface area contributed by atoms with Crippen molar-refractivity contribution in [2.45, 2.75) is 0 Å². The normalized spacial score (nSPS) is 10.7. The molecule has 0 aliphatic heterocycles. The lowest BCUT2D eigenvalue weighted by molar-refractivity contribution is -0.112. The molecule has 2 N–H and O–H groups in total. The number of carbonyl (C=O) groups is 1. The van der Waals surface area contributed by atoms with Crippen LogP contribution in [0.3, 0.4) is 0 Å². The van der Waals surface area contributed by atoms with Crippen molar-refractivity contribution in [2.75, 3.05) is 19.5 Å². The molecule has 2 rings (SSSR count). The molecule has 2 aromatic carbocycles. The van der Waals surface area contributed by atoms with Crippen LogP contribution in [0.15, 0.2) is 42.0 Å². The number of halogens is 1. The van der Waals surface area contributed by atoms with Crippen LogP contribution in [0.4, 0.5) is 5.69 Å². The van der Waals surface area contributed by atoms with Crippen molar-refractivity contribution in [2.24, 2.45) is 0 Å². The first-order chi connectivity index (χ1) is 12.0. The van der Waals surface area contributed by atoms with Gasteiger partial charge in [-0.3, -0.25) is 4.79 Å². The van der Waals surface area contributed by atoms with Crippen LogP contribution in [0.5, 0.6) is 17.2 Å². The van der Waals surface area contributed by atoms with Crippen LogP contribution in [-0.4, -0.2) is 25.2 Å². The van der Waals surface area contributed by atoms with Gasteiger partial charge in [-0.2, -0.15) is 5.26 Å². The standard InChI is InChI=1S/C18H15ClN2O4/c1-24-15-5-3-14(4-6-15)21-18(23)12(10-20)7-11-8-13(19)9-16(25-2)17(11)22/h3-9,22H,1-2H3,(H,21,23)/b12-7-. The van der Waals surface area contributed by atoms with Gasteiger partial charge in [-0.1, -0.05) is 11.6 Å². The SMILES string of the molecule is COc1ccc(NC(=O)/C(C#N)=C\c2cc(Cl)cc(OC)c2O)cc1. The van der Waals surface area contributed by atoms with Crippen LogP contribution in [0.2, 0.25) is 5.02 Å². The maximum Gasteiger partial charge on any atom is 0.266 e. The highest BCUT2D eigenvalue weighted by Crippen LogP contribution is 2.34. The van der Waals surface area contributed by atoms with E-state index in [-0.39, 0.29) is 22.6 Å². The Morgan fingerprint density at radius 1 is 1.24 bits per heavy atom. The number of nitrogens with zero attached hydrogens (tertiary/aromatic N) is 1. The summed E-state index contributed by atoms with van der Waals surface area (Å²) in [5.74, 6) is -0.0421. The van der Waals surface area contributed by atoms with Gasteiger partial charge in [0.2, 0.25) is 0 Å². The summed E-state index contributed by atoms with van der Waals surface area (Å²) in [6.45, 7) is 0. The van der Waals surface area contributed by atoms with Gasteiger partial charge >= 0.3 is 0 Å². The Morgan fingerprint density at radius 2 is 1.92 bits per heavy atom. The van der Waals surface area contributed by atoms with Crippen molar-refractivity contribution in [3.63, 3.8) is 0 Å². The van der Waals surface area contributed by atoms with E-state index in [0.717, 1.165) is 0 Å². The summed E-state index contributed by atoms with van der Waals surface area (Å²) in [5.41, 5.74) is 0.501. The number of nitrogens with one attached hydrogen (secondary N) is 1. The smallest absolute Gasteiger partial charge is 0.266 e. The van der Waals surface area contributed by atoms with Gasteiger partial charge in [0.1, 0.15) is 17.4 Å². The number of hydrogen-bond acceptors (Lipinski definition) is 5. The molecular weight excluding hydrogens is 344 g/mol. The van der Waals surface area contributed by atoms with E-state index >= 15 is 0 Å². The zero-order valence-electron chi connectivity index (χ0n) is 13.5. The molecule has 128 valence electrons. The number of benzene rings is 2. The molecule has 7 heteroatoms. The van der Waals surface area contributed by atoms with Crippen molar-refractivity contribution in [1.82, 2.24) is 0 Å². The van der Waals surface area contributed by atoms with E-state index < -0.39 is 5.91 Å². The third kappa shape index (κ3) is 4.43. The lowest BCUT2D eigenvalue weighted by Gasteiger charge is -2.08. The molecule has 1 amide bonds. The maximum atomic E-state index is 12.3. The summed E-state index contributed by atoms with van der Waals surface area (Å²) >= 11 is 5.95. The highest BCUT2D eigenvalue weighted by Gasteiger charge is 2.14. The summed E-state index contributed by atoms with van der Waals surface area (Å²) in [6.07, 6.45) is 1.24. The highest BCUT2D eigenvalue weighted by atomic mass is 35.5. The first kappa shape index (κ1) is 18.2. The first-order valence-corrected chi connectivity index (χ1v) is 7.50. The fourth-order valence-electron chi connectivity index (χ4n) is 2.04. The Balaban J connectivity index is 2.29. The van der Waals surface area contributed by atoms with Gasteiger partial charge in [0.25, 0.3) is 5.91 Å². The topological polar surface area (TPSA) is 91.6 Å². The Bertz CT molecular complexity index is 855. The third-order valence-electron chi connectivity index (χ3n) is 3.30. The van der Waals surface area contributed by atoms with Gasteiger partial charge in [-0.05, 0) is 36.4 Å². The quantitative estimate of drug-likeness (QED) is 0.629. The minimum atomic E-state index is -0.619. The van der Waals surface area contributed by atoms with Crippen LogP contribution in [0, 0.1) is 11.3 Å². The Morgan fingerprint density at radius 3 is 2.48 bits per heavy atom. The monoisotopic (exact) mass is 358 g/mol. The minimum Gasteiger partial charge on any atom is -0.504 e. The summed E-state index contributed by atoms with van der Waals surface area (Å²) < 4.78 is 10.0. The zero-order valence-corrected chi connectivity index (χ0v) is 14.3. The number of ether oxygens (including phenoxy) is 2. The number of aromatic hydroxyl groups is 1. The van der Waals surface area contributed by atoms with Crippen molar-refractivity contribution in [3.05, 3.63) is 52.6 Å². The van der Waals surface area contributed by atoms with Gasteiger partial charge in [0.05, 0.1) is 14.2 Å². The zero-order chi connectivity index (χ0) is 18.4. The molecule has 25 heavy (non-hydrogen) atoms. The number of carbonyl (C=O) groups excluding carboxylic acids is 1. The number of rotatable bonds is 5. The molecule has 0 saturated carbocycles. The number of methoxy groups -OCH3 is 2. The van der Waals surface area contributed by atoms with Crippen molar-refractivity contribution < 1.29 is 19.4 Å². The fraction of sp³-hybridized carbons (Fsp3) is 0.111. The van der Waals surface area contributed by atoms with Crippen LogP contribution < -0.4 is 14.8 Å². The molecule has 0 heterocycles. The first-order valence-electron chi connectivity index (χ1n) is 7.12. The van der Waals surface area contributed by atoms with Crippen LogP contribution in [0.1, 0.15) is 5.56 Å². The van der Waals surface area contributed by atoms with Gasteiger partial charge in [-0.25, -0.2) is 0 Å². The molecule has 0 atom stereocenters. The molecule has 6 nitrogen and oxygen atoms in total. The predicted octanol–water partition coefficient (Wildman–Crippen LogP) is 3.61. The van der Waals surface area contributed by atoms with Crippen molar-refractivity contribution in [3.8, 4) is 23.3 Å². The van der Waals surface area contributed by atoms with E-state index in [1.165, 1.54) is 32.4 Å². The Labute approximate surface area is 149 Å². The van der Waals surface area contributed by atoms with E-state index in [1.54, 1.807) is 30.3 Å². The number of phenols is 1.